The Morgan fingerprint density at radius 1 is 1.04 bits per heavy atom. The highest BCUT2D eigenvalue weighted by Gasteiger charge is 2.23. The molecule has 130 valence electrons. The fraction of sp³-hybridized carbons (Fsp3) is 0.400. The van der Waals surface area contributed by atoms with Gasteiger partial charge in [0.2, 0.25) is 0 Å². The van der Waals surface area contributed by atoms with E-state index in [9.17, 15) is 4.79 Å². The molecule has 0 bridgehead atoms. The normalized spacial score (nSPS) is 18.1. The van der Waals surface area contributed by atoms with Gasteiger partial charge in [-0.1, -0.05) is 18.2 Å². The quantitative estimate of drug-likeness (QED) is 0.845. The number of carbonyl (C=O) groups excluding carboxylic acids is 1. The molecule has 3 heterocycles. The van der Waals surface area contributed by atoms with Crippen LogP contribution in [0.3, 0.4) is 0 Å². The van der Waals surface area contributed by atoms with Crippen molar-refractivity contribution in [3.63, 3.8) is 0 Å². The Bertz CT molecular complexity index is 768. The number of hydrogen-bond acceptors (Lipinski definition) is 4. The molecule has 0 atom stereocenters. The molecule has 5 heteroatoms. The predicted octanol–water partition coefficient (Wildman–Crippen LogP) is 2.55. The fourth-order valence-corrected chi connectivity index (χ4v) is 3.68. The van der Waals surface area contributed by atoms with E-state index in [2.05, 4.69) is 46.1 Å². The molecule has 2 aromatic rings. The lowest BCUT2D eigenvalue weighted by atomic mass is 10.0. The number of para-hydroxylation sites is 1. The largest absolute Gasteiger partial charge is 0.341 e. The highest BCUT2D eigenvalue weighted by Crippen LogP contribution is 2.33. The number of aryl methyl sites for hydroxylation is 1. The summed E-state index contributed by atoms with van der Waals surface area (Å²) in [6, 6.07) is 12.5. The zero-order valence-electron chi connectivity index (χ0n) is 14.7. The van der Waals surface area contributed by atoms with Crippen LogP contribution in [0.4, 0.5) is 11.4 Å². The highest BCUT2D eigenvalue weighted by molar-refractivity contribution is 5.93. The summed E-state index contributed by atoms with van der Waals surface area (Å²) in [6.07, 6.45) is 4.00. The van der Waals surface area contributed by atoms with Gasteiger partial charge in [-0.05, 0) is 43.7 Å². The lowest BCUT2D eigenvalue weighted by Crippen LogP contribution is -2.47. The standard InChI is InChI=1S/C20H24N4O/c1-22-11-13-23(14-12-22)20(25)18-15-17(8-9-21-18)24-10-4-6-16-5-2-3-7-19(16)24/h2-3,5,7-9,15H,4,6,10-14H2,1H3. The molecule has 1 saturated heterocycles. The van der Waals surface area contributed by atoms with E-state index in [-0.39, 0.29) is 5.91 Å². The average Bonchev–Trinajstić information content (AvgIpc) is 2.68. The SMILES string of the molecule is CN1CCN(C(=O)c2cc(N3CCCc4ccccc43)ccn2)CC1. The Morgan fingerprint density at radius 2 is 1.84 bits per heavy atom. The number of carbonyl (C=O) groups is 1. The second-order valence-corrected chi connectivity index (χ2v) is 6.88. The average molecular weight is 336 g/mol. The molecule has 0 saturated carbocycles. The second-order valence-electron chi connectivity index (χ2n) is 6.88. The van der Waals surface area contributed by atoms with Crippen LogP contribution in [0.5, 0.6) is 0 Å². The van der Waals surface area contributed by atoms with Gasteiger partial charge in [-0.2, -0.15) is 0 Å². The van der Waals surface area contributed by atoms with Crippen molar-refractivity contribution in [2.45, 2.75) is 12.8 Å². The summed E-state index contributed by atoms with van der Waals surface area (Å²) in [5, 5.41) is 0. The number of benzene rings is 1. The molecule has 1 aromatic carbocycles. The summed E-state index contributed by atoms with van der Waals surface area (Å²) in [6.45, 7) is 4.36. The van der Waals surface area contributed by atoms with Gasteiger partial charge in [0.05, 0.1) is 0 Å². The van der Waals surface area contributed by atoms with Crippen molar-refractivity contribution in [3.8, 4) is 0 Å². The number of anilines is 2. The number of aromatic nitrogens is 1. The van der Waals surface area contributed by atoms with Gasteiger partial charge in [-0.15, -0.1) is 0 Å². The number of likely N-dealkylation sites (N-methyl/N-ethyl adjacent to an activating group) is 1. The van der Waals surface area contributed by atoms with Crippen LogP contribution in [0.25, 0.3) is 0 Å². The molecule has 0 aliphatic carbocycles. The predicted molar refractivity (Wildman–Crippen MR) is 99.4 cm³/mol. The van der Waals surface area contributed by atoms with Crippen molar-refractivity contribution in [2.24, 2.45) is 0 Å². The van der Waals surface area contributed by atoms with Gasteiger partial charge in [0, 0.05) is 50.3 Å². The first-order chi connectivity index (χ1) is 12.2. The Kier molecular flexibility index (Phi) is 4.40. The van der Waals surface area contributed by atoms with Crippen molar-refractivity contribution >= 4 is 17.3 Å². The number of amides is 1. The number of rotatable bonds is 2. The third-order valence-corrected chi connectivity index (χ3v) is 5.18. The Balaban J connectivity index is 1.59. The Morgan fingerprint density at radius 3 is 2.68 bits per heavy atom. The van der Waals surface area contributed by atoms with Crippen molar-refractivity contribution in [1.29, 1.82) is 0 Å². The van der Waals surface area contributed by atoms with E-state index in [1.807, 2.05) is 17.0 Å². The molecule has 4 rings (SSSR count). The van der Waals surface area contributed by atoms with Gasteiger partial charge < -0.3 is 14.7 Å². The minimum atomic E-state index is 0.0419. The lowest BCUT2D eigenvalue weighted by molar-refractivity contribution is 0.0658. The monoisotopic (exact) mass is 336 g/mol. The molecule has 0 unspecified atom stereocenters. The Hall–Kier alpha value is -2.40. The molecule has 2 aliphatic rings. The van der Waals surface area contributed by atoms with Gasteiger partial charge >= 0.3 is 0 Å². The lowest BCUT2D eigenvalue weighted by Gasteiger charge is -2.33. The molecular formula is C20H24N4O. The van der Waals surface area contributed by atoms with Gasteiger partial charge in [0.25, 0.3) is 5.91 Å². The van der Waals surface area contributed by atoms with Crippen molar-refractivity contribution < 1.29 is 4.79 Å². The number of fused-ring (bicyclic) bond motifs is 1. The number of piperazine rings is 1. The number of nitrogens with zero attached hydrogens (tertiary/aromatic N) is 4. The van der Waals surface area contributed by atoms with Gasteiger partial charge in [0.15, 0.2) is 0 Å². The molecule has 1 aromatic heterocycles. The van der Waals surface area contributed by atoms with Crippen molar-refractivity contribution in [1.82, 2.24) is 14.8 Å². The molecule has 0 spiro atoms. The van der Waals surface area contributed by atoms with E-state index in [0.29, 0.717) is 5.69 Å². The third-order valence-electron chi connectivity index (χ3n) is 5.18. The summed E-state index contributed by atoms with van der Waals surface area (Å²) < 4.78 is 0. The molecule has 25 heavy (non-hydrogen) atoms. The van der Waals surface area contributed by atoms with Crippen LogP contribution < -0.4 is 4.90 Å². The first-order valence-electron chi connectivity index (χ1n) is 9.02. The van der Waals surface area contributed by atoms with Gasteiger partial charge in [0.1, 0.15) is 5.69 Å². The number of hydrogen-bond donors (Lipinski definition) is 0. The van der Waals surface area contributed by atoms with Crippen LogP contribution in [0.2, 0.25) is 0 Å². The summed E-state index contributed by atoms with van der Waals surface area (Å²) in [7, 11) is 2.09. The summed E-state index contributed by atoms with van der Waals surface area (Å²) in [5.74, 6) is 0.0419. The van der Waals surface area contributed by atoms with Crippen molar-refractivity contribution in [2.75, 3.05) is 44.7 Å². The molecule has 1 fully saturated rings. The maximum Gasteiger partial charge on any atom is 0.272 e. The Labute approximate surface area is 148 Å². The second kappa shape index (κ2) is 6.84. The minimum absolute atomic E-state index is 0.0419. The van der Waals surface area contributed by atoms with Gasteiger partial charge in [-0.25, -0.2) is 0 Å². The smallest absolute Gasteiger partial charge is 0.272 e. The molecule has 0 N–H and O–H groups in total. The van der Waals surface area contributed by atoms with Crippen LogP contribution in [-0.4, -0.2) is 60.5 Å². The van der Waals surface area contributed by atoms with E-state index >= 15 is 0 Å². The van der Waals surface area contributed by atoms with Crippen molar-refractivity contribution in [3.05, 3.63) is 53.9 Å². The summed E-state index contributed by atoms with van der Waals surface area (Å²) in [5.41, 5.74) is 4.22. The van der Waals surface area contributed by atoms with Crippen LogP contribution in [0.15, 0.2) is 42.6 Å². The molecule has 0 radical (unpaired) electrons. The van der Waals surface area contributed by atoms with Gasteiger partial charge in [-0.3, -0.25) is 9.78 Å². The molecule has 5 nitrogen and oxygen atoms in total. The summed E-state index contributed by atoms with van der Waals surface area (Å²) in [4.78, 5) is 23.6. The van der Waals surface area contributed by atoms with Crippen LogP contribution in [0.1, 0.15) is 22.5 Å². The summed E-state index contributed by atoms with van der Waals surface area (Å²) >= 11 is 0. The van der Waals surface area contributed by atoms with Crippen LogP contribution in [-0.2, 0) is 6.42 Å². The fourth-order valence-electron chi connectivity index (χ4n) is 3.68. The molecular weight excluding hydrogens is 312 g/mol. The van der Waals surface area contributed by atoms with E-state index in [1.54, 1.807) is 6.20 Å². The first-order valence-corrected chi connectivity index (χ1v) is 9.02. The zero-order chi connectivity index (χ0) is 17.2. The topological polar surface area (TPSA) is 39.7 Å². The van der Waals surface area contributed by atoms with Crippen LogP contribution >= 0.6 is 0 Å². The van der Waals surface area contributed by atoms with E-state index in [1.165, 1.54) is 11.3 Å². The van der Waals surface area contributed by atoms with E-state index in [0.717, 1.165) is 51.3 Å². The highest BCUT2D eigenvalue weighted by atomic mass is 16.2. The third kappa shape index (κ3) is 3.24. The molecule has 2 aliphatic heterocycles. The maximum atomic E-state index is 12.8. The maximum absolute atomic E-state index is 12.8. The molecule has 1 amide bonds. The number of pyridine rings is 1. The minimum Gasteiger partial charge on any atom is -0.341 e. The zero-order valence-corrected chi connectivity index (χ0v) is 14.7. The van der Waals surface area contributed by atoms with Crippen LogP contribution in [0, 0.1) is 0 Å². The first kappa shape index (κ1) is 16.1. The van der Waals surface area contributed by atoms with E-state index < -0.39 is 0 Å². The van der Waals surface area contributed by atoms with E-state index in [4.69, 9.17) is 0 Å².